The average molecular weight is 592 g/mol. The molecule has 2 amide bonds. The number of thioether (sulfide) groups is 1. The van der Waals surface area contributed by atoms with Crippen molar-refractivity contribution in [2.24, 2.45) is 11.8 Å². The number of aliphatic hydroxyl groups excluding tert-OH is 1. The maximum Gasteiger partial charge on any atom is 0.311 e. The Morgan fingerprint density at radius 1 is 1.12 bits per heavy atom. The topological polar surface area (TPSA) is 99.6 Å². The first-order valence-electron chi connectivity index (χ1n) is 15.4. The van der Waals surface area contributed by atoms with Crippen LogP contribution in [0, 0.1) is 11.8 Å². The van der Waals surface area contributed by atoms with Crippen LogP contribution >= 0.6 is 11.8 Å². The summed E-state index contributed by atoms with van der Waals surface area (Å²) < 4.78 is 10.1. The second kappa shape index (κ2) is 14.5. The first kappa shape index (κ1) is 32.0. The number of carbonyl (C=O) groups excluding carboxylic acids is 3. The van der Waals surface area contributed by atoms with Crippen LogP contribution in [0.3, 0.4) is 0 Å². The van der Waals surface area contributed by atoms with Crippen molar-refractivity contribution in [3.8, 4) is 0 Å². The molecule has 5 atom stereocenters. The van der Waals surface area contributed by atoms with Crippen LogP contribution in [-0.4, -0.2) is 119 Å². The summed E-state index contributed by atoms with van der Waals surface area (Å²) in [6.45, 7) is 15.4. The number of nitrogens with zero attached hydrogens (tertiary/aromatic N) is 3. The Kier molecular flexibility index (Phi) is 11.4. The Morgan fingerprint density at radius 2 is 1.88 bits per heavy atom. The Morgan fingerprint density at radius 3 is 2.59 bits per heavy atom. The minimum atomic E-state index is -0.642. The van der Waals surface area contributed by atoms with E-state index in [1.165, 1.54) is 0 Å². The SMILES string of the molecule is C=CCCCOC(=O)[C@@H]1[C@H]2C(=O)N(CCCCCCO)C(C(=O)N(CC=C)CCN3CCOCC3)C23CC[C@@]1(C)S3. The number of aliphatic hydroxyl groups is 1. The van der Waals surface area contributed by atoms with Gasteiger partial charge in [-0.2, -0.15) is 0 Å². The highest BCUT2D eigenvalue weighted by Gasteiger charge is 2.77. The molecular weight excluding hydrogens is 542 g/mol. The molecule has 0 aromatic carbocycles. The Hall–Kier alpha value is -1.88. The Balaban J connectivity index is 1.58. The Bertz CT molecular complexity index is 958. The van der Waals surface area contributed by atoms with Crippen molar-refractivity contribution in [3.05, 3.63) is 25.3 Å². The molecule has 4 aliphatic heterocycles. The summed E-state index contributed by atoms with van der Waals surface area (Å²) in [5, 5.41) is 9.18. The fourth-order valence-electron chi connectivity index (χ4n) is 7.25. The summed E-state index contributed by atoms with van der Waals surface area (Å²) in [6.07, 6.45) is 9.77. The number of hydrogen-bond acceptors (Lipinski definition) is 8. The van der Waals surface area contributed by atoms with Gasteiger partial charge in [-0.25, -0.2) is 0 Å². The van der Waals surface area contributed by atoms with Gasteiger partial charge in [0.05, 0.1) is 36.4 Å². The molecule has 4 fully saturated rings. The number of fused-ring (bicyclic) bond motifs is 1. The van der Waals surface area contributed by atoms with Crippen LogP contribution in [0.5, 0.6) is 0 Å². The molecule has 4 rings (SSSR count). The number of hydrogen-bond donors (Lipinski definition) is 1. The summed E-state index contributed by atoms with van der Waals surface area (Å²) in [4.78, 5) is 48.3. The van der Waals surface area contributed by atoms with Crippen molar-refractivity contribution in [2.75, 3.05) is 65.7 Å². The molecule has 0 radical (unpaired) electrons. The van der Waals surface area contributed by atoms with E-state index in [9.17, 15) is 19.5 Å². The van der Waals surface area contributed by atoms with E-state index in [0.29, 0.717) is 45.9 Å². The van der Waals surface area contributed by atoms with Crippen molar-refractivity contribution >= 4 is 29.5 Å². The van der Waals surface area contributed by atoms with Crippen LogP contribution in [0.1, 0.15) is 58.3 Å². The van der Waals surface area contributed by atoms with Gasteiger partial charge < -0.3 is 24.4 Å². The molecule has 2 unspecified atom stereocenters. The fraction of sp³-hybridized carbons (Fsp3) is 0.774. The maximum absolute atomic E-state index is 14.5. The van der Waals surface area contributed by atoms with Gasteiger partial charge in [0.1, 0.15) is 6.04 Å². The molecule has 4 aliphatic rings. The predicted molar refractivity (Wildman–Crippen MR) is 160 cm³/mol. The van der Waals surface area contributed by atoms with Crippen LogP contribution in [0.2, 0.25) is 0 Å². The Labute approximate surface area is 249 Å². The lowest BCUT2D eigenvalue weighted by Crippen LogP contribution is -2.56. The molecule has 2 bridgehead atoms. The predicted octanol–water partition coefficient (Wildman–Crippen LogP) is 2.88. The van der Waals surface area contributed by atoms with Crippen molar-refractivity contribution in [2.45, 2.75) is 73.8 Å². The average Bonchev–Trinajstić information content (AvgIpc) is 3.54. The first-order valence-corrected chi connectivity index (χ1v) is 16.2. The lowest BCUT2D eigenvalue weighted by molar-refractivity contribution is -0.155. The molecule has 4 heterocycles. The van der Waals surface area contributed by atoms with Crippen LogP contribution in [0.4, 0.5) is 0 Å². The minimum Gasteiger partial charge on any atom is -0.465 e. The van der Waals surface area contributed by atoms with E-state index in [-0.39, 0.29) is 24.4 Å². The smallest absolute Gasteiger partial charge is 0.311 e. The summed E-state index contributed by atoms with van der Waals surface area (Å²) in [5.41, 5.74) is 0. The van der Waals surface area contributed by atoms with E-state index >= 15 is 0 Å². The standard InChI is InChI=1S/C31H49N3O6S/c1-4-6-11-21-40-29(38)25-24-27(36)34(15-9-7-8-10-20-35)26(31(24)13-12-30(25,3)41-31)28(37)33(14-5-2)17-16-32-18-22-39-23-19-32/h4-5,24-26,35H,1-2,6-23H2,3H3/t24-,25-,26?,30+,31?/m0/s1. The third-order valence-electron chi connectivity index (χ3n) is 9.32. The highest BCUT2D eigenvalue weighted by molar-refractivity contribution is 8.02. The molecule has 4 saturated heterocycles. The van der Waals surface area contributed by atoms with Crippen LogP contribution in [0.15, 0.2) is 25.3 Å². The van der Waals surface area contributed by atoms with E-state index < -0.39 is 27.4 Å². The third-order valence-corrected chi connectivity index (χ3v) is 11.3. The van der Waals surface area contributed by atoms with Crippen molar-refractivity contribution in [1.82, 2.24) is 14.7 Å². The highest BCUT2D eigenvalue weighted by atomic mass is 32.2. The second-order valence-electron chi connectivity index (χ2n) is 12.0. The quantitative estimate of drug-likeness (QED) is 0.157. The van der Waals surface area contributed by atoms with Crippen molar-refractivity contribution in [3.63, 3.8) is 0 Å². The number of rotatable bonds is 17. The van der Waals surface area contributed by atoms with Crippen molar-refractivity contribution in [1.29, 1.82) is 0 Å². The number of morpholine rings is 1. The first-order chi connectivity index (χ1) is 19.8. The fourth-order valence-corrected chi connectivity index (χ4v) is 9.59. The molecule has 230 valence electrons. The van der Waals surface area contributed by atoms with Gasteiger partial charge in [-0.1, -0.05) is 25.0 Å². The molecular formula is C31H49N3O6S. The second-order valence-corrected chi connectivity index (χ2v) is 13.9. The van der Waals surface area contributed by atoms with Gasteiger partial charge >= 0.3 is 5.97 Å². The highest BCUT2D eigenvalue weighted by Crippen LogP contribution is 2.71. The summed E-state index contributed by atoms with van der Waals surface area (Å²) >= 11 is 1.69. The largest absolute Gasteiger partial charge is 0.465 e. The molecule has 0 saturated carbocycles. The van der Waals surface area contributed by atoms with Gasteiger partial charge in [-0.15, -0.1) is 24.9 Å². The van der Waals surface area contributed by atoms with Gasteiger partial charge in [-0.05, 0) is 45.4 Å². The number of carbonyl (C=O) groups is 3. The zero-order valence-electron chi connectivity index (χ0n) is 24.8. The zero-order valence-corrected chi connectivity index (χ0v) is 25.6. The minimum absolute atomic E-state index is 0.0406. The maximum atomic E-state index is 14.5. The molecule has 1 N–H and O–H groups in total. The number of allylic oxidation sites excluding steroid dienone is 1. The monoisotopic (exact) mass is 591 g/mol. The number of ether oxygens (including phenoxy) is 2. The van der Waals surface area contributed by atoms with E-state index in [0.717, 1.165) is 64.6 Å². The number of amides is 2. The zero-order chi connectivity index (χ0) is 29.5. The van der Waals surface area contributed by atoms with Gasteiger partial charge in [0.2, 0.25) is 11.8 Å². The lowest BCUT2D eigenvalue weighted by Gasteiger charge is -2.38. The van der Waals surface area contributed by atoms with E-state index in [1.807, 2.05) is 4.90 Å². The summed E-state index contributed by atoms with van der Waals surface area (Å²) in [6, 6.07) is -0.618. The van der Waals surface area contributed by atoms with Crippen LogP contribution < -0.4 is 0 Å². The summed E-state index contributed by atoms with van der Waals surface area (Å²) in [7, 11) is 0. The molecule has 0 aliphatic carbocycles. The molecule has 9 nitrogen and oxygen atoms in total. The van der Waals surface area contributed by atoms with E-state index in [1.54, 1.807) is 28.8 Å². The molecule has 10 heteroatoms. The molecule has 0 aromatic rings. The third kappa shape index (κ3) is 6.71. The van der Waals surface area contributed by atoms with E-state index in [2.05, 4.69) is 25.0 Å². The van der Waals surface area contributed by atoms with Crippen LogP contribution in [0.25, 0.3) is 0 Å². The molecule has 1 spiro atoms. The van der Waals surface area contributed by atoms with Crippen LogP contribution in [-0.2, 0) is 23.9 Å². The van der Waals surface area contributed by atoms with Gasteiger partial charge in [0.25, 0.3) is 0 Å². The molecule has 0 aromatic heterocycles. The van der Waals surface area contributed by atoms with E-state index in [4.69, 9.17) is 9.47 Å². The van der Waals surface area contributed by atoms with Crippen molar-refractivity contribution < 1.29 is 29.0 Å². The number of likely N-dealkylation sites (tertiary alicyclic amines) is 1. The van der Waals surface area contributed by atoms with Gasteiger partial charge in [0, 0.05) is 50.6 Å². The normalized spacial score (nSPS) is 30.8. The van der Waals surface area contributed by atoms with Gasteiger partial charge in [-0.3, -0.25) is 19.3 Å². The number of esters is 1. The summed E-state index contributed by atoms with van der Waals surface area (Å²) in [5.74, 6) is -1.56. The lowest BCUT2D eigenvalue weighted by atomic mass is 9.66. The molecule has 41 heavy (non-hydrogen) atoms. The van der Waals surface area contributed by atoms with Gasteiger partial charge in [0.15, 0.2) is 0 Å². The number of unbranched alkanes of at least 4 members (excludes halogenated alkanes) is 4.